The van der Waals surface area contributed by atoms with Gasteiger partial charge in [0.1, 0.15) is 0 Å². The summed E-state index contributed by atoms with van der Waals surface area (Å²) in [6.07, 6.45) is 6.45. The lowest BCUT2D eigenvalue weighted by atomic mass is 9.92. The third kappa shape index (κ3) is 4.34. The number of aromatic nitrogens is 3. The highest BCUT2D eigenvalue weighted by Crippen LogP contribution is 2.28. The fourth-order valence-electron chi connectivity index (χ4n) is 3.81. The summed E-state index contributed by atoms with van der Waals surface area (Å²) in [5, 5.41) is 11.7. The highest BCUT2D eigenvalue weighted by Gasteiger charge is 2.29. The van der Waals surface area contributed by atoms with Gasteiger partial charge in [0.25, 0.3) is 5.91 Å². The molecule has 0 unspecified atom stereocenters. The van der Waals surface area contributed by atoms with Crippen LogP contribution in [-0.2, 0) is 25.7 Å². The SMILES string of the molecule is CCc1nnc(NCC(C)(C)CN(C)C(=O)c2occ3c2CCC3)nc1CC. The first-order valence-electron chi connectivity index (χ1n) is 10.2. The molecule has 0 aliphatic heterocycles. The summed E-state index contributed by atoms with van der Waals surface area (Å²) >= 11 is 0. The van der Waals surface area contributed by atoms with Gasteiger partial charge in [0.05, 0.1) is 17.7 Å². The van der Waals surface area contributed by atoms with Gasteiger partial charge >= 0.3 is 0 Å². The van der Waals surface area contributed by atoms with E-state index in [4.69, 9.17) is 4.42 Å². The number of hydrogen-bond donors (Lipinski definition) is 1. The smallest absolute Gasteiger partial charge is 0.289 e. The molecule has 7 nitrogen and oxygen atoms in total. The van der Waals surface area contributed by atoms with E-state index in [9.17, 15) is 4.79 Å². The Morgan fingerprint density at radius 3 is 2.68 bits per heavy atom. The predicted octanol–water partition coefficient (Wildman–Crippen LogP) is 3.29. The second kappa shape index (κ2) is 8.29. The monoisotopic (exact) mass is 385 g/mol. The maximum absolute atomic E-state index is 12.8. The number of carbonyl (C=O) groups is 1. The van der Waals surface area contributed by atoms with Crippen molar-refractivity contribution in [2.45, 2.75) is 59.8 Å². The van der Waals surface area contributed by atoms with Crippen molar-refractivity contribution in [1.82, 2.24) is 20.1 Å². The molecule has 0 aromatic carbocycles. The van der Waals surface area contributed by atoms with E-state index in [0.29, 0.717) is 24.8 Å². The Hall–Kier alpha value is -2.44. The molecule has 1 aliphatic carbocycles. The first-order chi connectivity index (χ1) is 13.3. The maximum atomic E-state index is 12.8. The molecule has 3 rings (SSSR count). The zero-order chi connectivity index (χ0) is 20.3. The Kier molecular flexibility index (Phi) is 6.01. The zero-order valence-electron chi connectivity index (χ0n) is 17.6. The maximum Gasteiger partial charge on any atom is 0.289 e. The van der Waals surface area contributed by atoms with Crippen molar-refractivity contribution < 1.29 is 9.21 Å². The standard InChI is InChI=1S/C21H31N5O2/c1-6-16-17(7-2)24-25-20(23-16)22-12-21(3,4)13-26(5)19(27)18-15-10-8-9-14(15)11-28-18/h11H,6-10,12-13H2,1-5H3,(H,22,23,25). The molecule has 152 valence electrons. The molecule has 0 fully saturated rings. The molecular formula is C21H31N5O2. The molecule has 0 spiro atoms. The summed E-state index contributed by atoms with van der Waals surface area (Å²) < 4.78 is 5.58. The fraction of sp³-hybridized carbons (Fsp3) is 0.619. The van der Waals surface area contributed by atoms with E-state index in [2.05, 4.69) is 48.2 Å². The fourth-order valence-corrected chi connectivity index (χ4v) is 3.81. The quantitative estimate of drug-likeness (QED) is 0.751. The Balaban J connectivity index is 1.60. The summed E-state index contributed by atoms with van der Waals surface area (Å²) in [6.45, 7) is 9.59. The number of rotatable bonds is 8. The molecule has 0 atom stereocenters. The Morgan fingerprint density at radius 2 is 1.96 bits per heavy atom. The van der Waals surface area contributed by atoms with Gasteiger partial charge in [-0.05, 0) is 43.1 Å². The normalized spacial score (nSPS) is 13.5. The molecule has 1 aliphatic rings. The Labute approximate surface area is 166 Å². The number of anilines is 1. The summed E-state index contributed by atoms with van der Waals surface area (Å²) in [5.74, 6) is 1.00. The van der Waals surface area contributed by atoms with E-state index in [-0.39, 0.29) is 11.3 Å². The third-order valence-electron chi connectivity index (χ3n) is 5.29. The average Bonchev–Trinajstić information content (AvgIpc) is 3.29. The Morgan fingerprint density at radius 1 is 1.21 bits per heavy atom. The largest absolute Gasteiger partial charge is 0.459 e. The van der Waals surface area contributed by atoms with Gasteiger partial charge in [-0.1, -0.05) is 27.7 Å². The molecule has 0 radical (unpaired) electrons. The van der Waals surface area contributed by atoms with Crippen molar-refractivity contribution in [3.05, 3.63) is 34.5 Å². The number of aryl methyl sites for hydroxylation is 3. The second-order valence-electron chi connectivity index (χ2n) is 8.34. The van der Waals surface area contributed by atoms with Crippen molar-refractivity contribution in [3.63, 3.8) is 0 Å². The lowest BCUT2D eigenvalue weighted by molar-refractivity contribution is 0.0709. The zero-order valence-corrected chi connectivity index (χ0v) is 17.6. The number of nitrogens with zero attached hydrogens (tertiary/aromatic N) is 4. The van der Waals surface area contributed by atoms with Gasteiger partial charge < -0.3 is 14.6 Å². The van der Waals surface area contributed by atoms with Crippen molar-refractivity contribution in [1.29, 1.82) is 0 Å². The van der Waals surface area contributed by atoms with Crippen LogP contribution in [0.5, 0.6) is 0 Å². The molecule has 7 heteroatoms. The van der Waals surface area contributed by atoms with E-state index in [1.165, 1.54) is 5.56 Å². The first kappa shape index (κ1) is 20.3. The van der Waals surface area contributed by atoms with Crippen molar-refractivity contribution in [3.8, 4) is 0 Å². The predicted molar refractivity (Wildman–Crippen MR) is 109 cm³/mol. The van der Waals surface area contributed by atoms with Crippen LogP contribution in [-0.4, -0.2) is 46.1 Å². The molecule has 0 saturated carbocycles. The summed E-state index contributed by atoms with van der Waals surface area (Å²) in [6, 6.07) is 0. The van der Waals surface area contributed by atoms with Gasteiger partial charge in [-0.3, -0.25) is 4.79 Å². The van der Waals surface area contributed by atoms with E-state index < -0.39 is 0 Å². The van der Waals surface area contributed by atoms with Crippen molar-refractivity contribution in [2.24, 2.45) is 5.41 Å². The summed E-state index contributed by atoms with van der Waals surface area (Å²) in [4.78, 5) is 19.2. The molecular weight excluding hydrogens is 354 g/mol. The van der Waals surface area contributed by atoms with Crippen LogP contribution in [0.25, 0.3) is 0 Å². The minimum absolute atomic E-state index is 0.0466. The van der Waals surface area contributed by atoms with Crippen LogP contribution in [0.15, 0.2) is 10.7 Å². The van der Waals surface area contributed by atoms with Crippen LogP contribution in [0.2, 0.25) is 0 Å². The number of hydrogen-bond acceptors (Lipinski definition) is 6. The first-order valence-corrected chi connectivity index (χ1v) is 10.2. The van der Waals surface area contributed by atoms with E-state index in [1.807, 2.05) is 7.05 Å². The van der Waals surface area contributed by atoms with Gasteiger partial charge in [0.2, 0.25) is 5.95 Å². The van der Waals surface area contributed by atoms with E-state index >= 15 is 0 Å². The van der Waals surface area contributed by atoms with Crippen molar-refractivity contribution >= 4 is 11.9 Å². The van der Waals surface area contributed by atoms with Crippen LogP contribution in [0.3, 0.4) is 0 Å². The number of carbonyl (C=O) groups excluding carboxylic acids is 1. The average molecular weight is 386 g/mol. The lowest BCUT2D eigenvalue weighted by Gasteiger charge is -2.30. The number of furan rings is 1. The van der Waals surface area contributed by atoms with Crippen LogP contribution in [0, 0.1) is 5.41 Å². The highest BCUT2D eigenvalue weighted by molar-refractivity contribution is 5.93. The van der Waals surface area contributed by atoms with E-state index in [0.717, 1.165) is 49.1 Å². The molecule has 2 heterocycles. The summed E-state index contributed by atoms with van der Waals surface area (Å²) in [7, 11) is 1.83. The number of amides is 1. The highest BCUT2D eigenvalue weighted by atomic mass is 16.3. The number of fused-ring (bicyclic) bond motifs is 1. The van der Waals surface area contributed by atoms with Crippen LogP contribution >= 0.6 is 0 Å². The molecule has 2 aromatic rings. The Bertz CT molecular complexity index is 843. The number of nitrogens with one attached hydrogen (secondary N) is 1. The summed E-state index contributed by atoms with van der Waals surface area (Å²) in [5.41, 5.74) is 4.04. The molecule has 28 heavy (non-hydrogen) atoms. The second-order valence-corrected chi connectivity index (χ2v) is 8.34. The lowest BCUT2D eigenvalue weighted by Crippen LogP contribution is -2.39. The van der Waals surface area contributed by atoms with Gasteiger partial charge in [-0.2, -0.15) is 5.10 Å². The topological polar surface area (TPSA) is 84.2 Å². The molecule has 1 amide bonds. The molecule has 2 aromatic heterocycles. The van der Waals surface area contributed by atoms with Gasteiger partial charge in [-0.15, -0.1) is 5.10 Å². The molecule has 0 saturated heterocycles. The van der Waals surface area contributed by atoms with E-state index in [1.54, 1.807) is 11.2 Å². The van der Waals surface area contributed by atoms with Gasteiger partial charge in [0, 0.05) is 25.7 Å². The van der Waals surface area contributed by atoms with Crippen LogP contribution < -0.4 is 5.32 Å². The van der Waals surface area contributed by atoms with Crippen LogP contribution in [0.1, 0.15) is 67.2 Å². The third-order valence-corrected chi connectivity index (χ3v) is 5.29. The van der Waals surface area contributed by atoms with Gasteiger partial charge in [0.15, 0.2) is 5.76 Å². The molecule has 0 bridgehead atoms. The minimum atomic E-state index is -0.167. The van der Waals surface area contributed by atoms with Crippen LogP contribution in [0.4, 0.5) is 5.95 Å². The van der Waals surface area contributed by atoms with Gasteiger partial charge in [-0.25, -0.2) is 4.98 Å². The molecule has 1 N–H and O–H groups in total. The van der Waals surface area contributed by atoms with Crippen molar-refractivity contribution in [2.75, 3.05) is 25.5 Å². The minimum Gasteiger partial charge on any atom is -0.459 e.